The molecule has 2 amide bonds. The molecule has 0 spiro atoms. The van der Waals surface area contributed by atoms with Gasteiger partial charge in [-0.1, -0.05) is 26.0 Å². The van der Waals surface area contributed by atoms with Crippen LogP contribution in [0, 0.1) is 5.41 Å². The molecule has 19 heavy (non-hydrogen) atoms. The zero-order chi connectivity index (χ0) is 14.2. The molecule has 0 aromatic heterocycles. The van der Waals surface area contributed by atoms with Crippen molar-refractivity contribution < 1.29 is 9.59 Å². The summed E-state index contributed by atoms with van der Waals surface area (Å²) in [7, 11) is 1.88. The molecule has 0 radical (unpaired) electrons. The Hall–Kier alpha value is -1.68. The molecule has 1 saturated heterocycles. The Morgan fingerprint density at radius 2 is 2.00 bits per heavy atom. The highest BCUT2D eigenvalue weighted by Crippen LogP contribution is 2.35. The van der Waals surface area contributed by atoms with Crippen LogP contribution in [0.2, 0.25) is 0 Å². The van der Waals surface area contributed by atoms with Crippen LogP contribution >= 0.6 is 0 Å². The summed E-state index contributed by atoms with van der Waals surface area (Å²) < 4.78 is 0. The van der Waals surface area contributed by atoms with Crippen molar-refractivity contribution in [1.82, 2.24) is 5.32 Å². The number of nitrogens with one attached hydrogen (secondary N) is 1. The van der Waals surface area contributed by atoms with E-state index in [1.54, 1.807) is 0 Å². The van der Waals surface area contributed by atoms with Crippen LogP contribution in [-0.2, 0) is 9.59 Å². The van der Waals surface area contributed by atoms with Crippen LogP contribution in [0.1, 0.15) is 38.8 Å². The van der Waals surface area contributed by atoms with Crippen LogP contribution in [0.5, 0.6) is 0 Å². The third kappa shape index (κ3) is 2.40. The Morgan fingerprint density at radius 1 is 1.32 bits per heavy atom. The lowest BCUT2D eigenvalue weighted by Gasteiger charge is -2.19. The zero-order valence-corrected chi connectivity index (χ0v) is 11.9. The van der Waals surface area contributed by atoms with Crippen molar-refractivity contribution in [3.8, 4) is 0 Å². The molecule has 102 valence electrons. The van der Waals surface area contributed by atoms with E-state index < -0.39 is 5.41 Å². The molecule has 2 rings (SSSR count). The maximum absolute atomic E-state index is 12.3. The second-order valence-corrected chi connectivity index (χ2v) is 5.70. The number of carbonyl (C=O) groups is 2. The number of hydrogen-bond acceptors (Lipinski definition) is 3. The van der Waals surface area contributed by atoms with Crippen molar-refractivity contribution in [2.75, 3.05) is 11.9 Å². The van der Waals surface area contributed by atoms with Crippen LogP contribution < -0.4 is 10.2 Å². The van der Waals surface area contributed by atoms with E-state index in [0.29, 0.717) is 5.69 Å². The van der Waals surface area contributed by atoms with Crippen LogP contribution in [0.3, 0.4) is 0 Å². The van der Waals surface area contributed by atoms with Crippen LogP contribution in [-0.4, -0.2) is 18.9 Å². The lowest BCUT2D eigenvalue weighted by Crippen LogP contribution is -2.33. The Labute approximate surface area is 113 Å². The summed E-state index contributed by atoms with van der Waals surface area (Å²) in [5, 5.41) is 3.15. The molecule has 4 heteroatoms. The summed E-state index contributed by atoms with van der Waals surface area (Å²) in [6.45, 7) is 5.66. The number of rotatable bonds is 3. The smallest absolute Gasteiger partial charge is 0.239 e. The summed E-state index contributed by atoms with van der Waals surface area (Å²) in [4.78, 5) is 25.6. The Bertz CT molecular complexity index is 523. The lowest BCUT2D eigenvalue weighted by atomic mass is 9.92. The number of benzene rings is 1. The molecule has 1 N–H and O–H groups in total. The third-order valence-electron chi connectivity index (χ3n) is 3.69. The second kappa shape index (κ2) is 4.78. The topological polar surface area (TPSA) is 49.4 Å². The standard InChI is InChI=1S/C15H20N2O2/c1-10(16-4)11-6-5-7-12(8-11)17-13(18)9-15(2,3)14(17)19/h5-8,10,16H,9H2,1-4H3. The highest BCUT2D eigenvalue weighted by Gasteiger charge is 2.45. The van der Waals surface area contributed by atoms with E-state index in [2.05, 4.69) is 5.32 Å². The number of hydrogen-bond donors (Lipinski definition) is 1. The van der Waals surface area contributed by atoms with Gasteiger partial charge in [-0.15, -0.1) is 0 Å². The van der Waals surface area contributed by atoms with E-state index in [1.807, 2.05) is 52.1 Å². The average Bonchev–Trinajstić information content (AvgIpc) is 2.57. The van der Waals surface area contributed by atoms with Crippen molar-refractivity contribution in [2.45, 2.75) is 33.2 Å². The molecule has 1 aromatic carbocycles. The van der Waals surface area contributed by atoms with Crippen LogP contribution in [0.15, 0.2) is 24.3 Å². The SMILES string of the molecule is CNC(C)c1cccc(N2C(=O)CC(C)(C)C2=O)c1. The number of amides is 2. The molecule has 1 unspecified atom stereocenters. The van der Waals surface area contributed by atoms with E-state index >= 15 is 0 Å². The third-order valence-corrected chi connectivity index (χ3v) is 3.69. The highest BCUT2D eigenvalue weighted by atomic mass is 16.2. The largest absolute Gasteiger partial charge is 0.313 e. The van der Waals surface area contributed by atoms with Crippen molar-refractivity contribution in [1.29, 1.82) is 0 Å². The molecule has 0 aliphatic carbocycles. The fourth-order valence-corrected chi connectivity index (χ4v) is 2.31. The predicted octanol–water partition coefficient (Wildman–Crippen LogP) is 2.26. The number of carbonyl (C=O) groups excluding carboxylic acids is 2. The summed E-state index contributed by atoms with van der Waals surface area (Å²) >= 11 is 0. The quantitative estimate of drug-likeness (QED) is 0.848. The summed E-state index contributed by atoms with van der Waals surface area (Å²) in [5.41, 5.74) is 1.13. The molecule has 0 saturated carbocycles. The van der Waals surface area contributed by atoms with Gasteiger partial charge in [-0.25, -0.2) is 0 Å². The summed E-state index contributed by atoms with van der Waals surface area (Å²) in [5.74, 6) is -0.240. The molecule has 1 atom stereocenters. The van der Waals surface area contributed by atoms with Gasteiger partial charge in [-0.3, -0.25) is 14.5 Å². The van der Waals surface area contributed by atoms with Crippen molar-refractivity contribution in [3.05, 3.63) is 29.8 Å². The van der Waals surface area contributed by atoms with E-state index in [0.717, 1.165) is 5.56 Å². The summed E-state index contributed by atoms with van der Waals surface area (Å²) in [6.07, 6.45) is 0.275. The molecule has 0 bridgehead atoms. The first-order valence-electron chi connectivity index (χ1n) is 6.51. The highest BCUT2D eigenvalue weighted by molar-refractivity contribution is 6.22. The molecule has 1 aliphatic heterocycles. The Balaban J connectivity index is 2.37. The minimum absolute atomic E-state index is 0.119. The lowest BCUT2D eigenvalue weighted by molar-refractivity contribution is -0.124. The van der Waals surface area contributed by atoms with E-state index in [-0.39, 0.29) is 24.3 Å². The minimum atomic E-state index is -0.596. The molecule has 4 nitrogen and oxygen atoms in total. The van der Waals surface area contributed by atoms with Gasteiger partial charge in [-0.05, 0) is 31.7 Å². The Kier molecular flexibility index (Phi) is 3.45. The fourth-order valence-electron chi connectivity index (χ4n) is 2.31. The molecular weight excluding hydrogens is 240 g/mol. The number of imide groups is 1. The van der Waals surface area contributed by atoms with Gasteiger partial charge in [-0.2, -0.15) is 0 Å². The maximum atomic E-state index is 12.3. The van der Waals surface area contributed by atoms with E-state index in [1.165, 1.54) is 4.90 Å². The first kappa shape index (κ1) is 13.7. The van der Waals surface area contributed by atoms with Crippen LogP contribution in [0.4, 0.5) is 5.69 Å². The average molecular weight is 260 g/mol. The van der Waals surface area contributed by atoms with Crippen molar-refractivity contribution in [2.24, 2.45) is 5.41 Å². The second-order valence-electron chi connectivity index (χ2n) is 5.70. The van der Waals surface area contributed by atoms with Gasteiger partial charge in [0.2, 0.25) is 11.8 Å². The maximum Gasteiger partial charge on any atom is 0.239 e. The van der Waals surface area contributed by atoms with Crippen LogP contribution in [0.25, 0.3) is 0 Å². The first-order chi connectivity index (χ1) is 8.86. The molecule has 1 fully saturated rings. The Morgan fingerprint density at radius 3 is 2.53 bits per heavy atom. The van der Waals surface area contributed by atoms with Gasteiger partial charge in [0.1, 0.15) is 0 Å². The van der Waals surface area contributed by atoms with Gasteiger partial charge in [0.05, 0.1) is 11.1 Å². The predicted molar refractivity (Wildman–Crippen MR) is 74.8 cm³/mol. The van der Waals surface area contributed by atoms with Crippen molar-refractivity contribution in [3.63, 3.8) is 0 Å². The van der Waals surface area contributed by atoms with Crippen molar-refractivity contribution >= 4 is 17.5 Å². The molecule has 1 heterocycles. The van der Waals surface area contributed by atoms with Gasteiger partial charge in [0.15, 0.2) is 0 Å². The number of nitrogens with zero attached hydrogens (tertiary/aromatic N) is 1. The minimum Gasteiger partial charge on any atom is -0.313 e. The van der Waals surface area contributed by atoms with E-state index in [4.69, 9.17) is 0 Å². The molecule has 1 aliphatic rings. The monoisotopic (exact) mass is 260 g/mol. The van der Waals surface area contributed by atoms with Gasteiger partial charge >= 0.3 is 0 Å². The zero-order valence-electron chi connectivity index (χ0n) is 11.9. The normalized spacial score (nSPS) is 19.9. The van der Waals surface area contributed by atoms with Gasteiger partial charge in [0.25, 0.3) is 0 Å². The van der Waals surface area contributed by atoms with Gasteiger partial charge < -0.3 is 5.32 Å². The fraction of sp³-hybridized carbons (Fsp3) is 0.467. The summed E-state index contributed by atoms with van der Waals surface area (Å²) in [6, 6.07) is 7.76. The van der Waals surface area contributed by atoms with E-state index in [9.17, 15) is 9.59 Å². The van der Waals surface area contributed by atoms with Gasteiger partial charge in [0, 0.05) is 12.5 Å². The first-order valence-corrected chi connectivity index (χ1v) is 6.51. The molecular formula is C15H20N2O2. The number of anilines is 1. The molecule has 1 aromatic rings.